The van der Waals surface area contributed by atoms with Gasteiger partial charge in [-0.15, -0.1) is 0 Å². The van der Waals surface area contributed by atoms with Crippen LogP contribution >= 0.6 is 0 Å². The van der Waals surface area contributed by atoms with Crippen LogP contribution in [0.15, 0.2) is 48.5 Å². The lowest BCUT2D eigenvalue weighted by atomic mass is 9.80. The number of halogens is 6. The molecule has 0 amide bonds. The fourth-order valence-corrected chi connectivity index (χ4v) is 3.95. The topological polar surface area (TPSA) is 35.5 Å². The maximum Gasteiger partial charge on any atom is 0.416 e. The first kappa shape index (κ1) is 24.3. The molecule has 3 nitrogen and oxygen atoms in total. The van der Waals surface area contributed by atoms with Crippen molar-refractivity contribution in [1.82, 2.24) is 0 Å². The smallest absolute Gasteiger partial charge is 0.352 e. The van der Waals surface area contributed by atoms with Crippen LogP contribution in [0.25, 0.3) is 0 Å². The largest absolute Gasteiger partial charge is 0.416 e. The molecule has 0 saturated carbocycles. The summed E-state index contributed by atoms with van der Waals surface area (Å²) in [6, 6.07) is 10.4. The standard InChI is InChI=1S/C23H22F6O3/c1-14(17-11-18(22(24,25)26)13-19(12-17)23(27,28)29)32-21-20(15-5-3-2-4-6-15)16(7-9-30)8-10-31-21/h2-6,9,11-14,16,20-21H,7-8,10H2,1H3/t14?,16-,20-,21+/m0/s1. The third kappa shape index (κ3) is 5.69. The number of benzene rings is 2. The van der Waals surface area contributed by atoms with Crippen LogP contribution in [0.4, 0.5) is 26.3 Å². The third-order valence-corrected chi connectivity index (χ3v) is 5.57. The van der Waals surface area contributed by atoms with Crippen LogP contribution in [0, 0.1) is 5.92 Å². The Kier molecular flexibility index (Phi) is 7.29. The second kappa shape index (κ2) is 9.62. The van der Waals surface area contributed by atoms with E-state index in [9.17, 15) is 31.1 Å². The van der Waals surface area contributed by atoms with E-state index in [1.165, 1.54) is 6.92 Å². The van der Waals surface area contributed by atoms with Crippen LogP contribution in [-0.2, 0) is 26.6 Å². The van der Waals surface area contributed by atoms with Gasteiger partial charge in [0, 0.05) is 12.3 Å². The second-order valence-corrected chi connectivity index (χ2v) is 7.74. The van der Waals surface area contributed by atoms with E-state index in [-0.39, 0.29) is 30.6 Å². The van der Waals surface area contributed by atoms with E-state index in [0.717, 1.165) is 11.8 Å². The number of aldehydes is 1. The monoisotopic (exact) mass is 460 g/mol. The minimum atomic E-state index is -4.95. The summed E-state index contributed by atoms with van der Waals surface area (Å²) in [6.45, 7) is 1.64. The number of carbonyl (C=O) groups is 1. The predicted octanol–water partition coefficient (Wildman–Crippen LogP) is 6.54. The normalized spacial score (nSPS) is 23.0. The lowest BCUT2D eigenvalue weighted by Crippen LogP contribution is -2.37. The molecule has 1 heterocycles. The molecule has 4 atom stereocenters. The first-order chi connectivity index (χ1) is 15.0. The van der Waals surface area contributed by atoms with Crippen molar-refractivity contribution in [3.8, 4) is 0 Å². The van der Waals surface area contributed by atoms with Gasteiger partial charge in [0.05, 0.1) is 23.8 Å². The number of rotatable bonds is 6. The summed E-state index contributed by atoms with van der Waals surface area (Å²) < 4.78 is 90.9. The maximum atomic E-state index is 13.2. The van der Waals surface area contributed by atoms with Crippen LogP contribution < -0.4 is 0 Å². The van der Waals surface area contributed by atoms with Gasteiger partial charge in [0.15, 0.2) is 6.29 Å². The van der Waals surface area contributed by atoms with Crippen molar-refractivity contribution < 1.29 is 40.6 Å². The van der Waals surface area contributed by atoms with Crippen molar-refractivity contribution in [2.75, 3.05) is 6.61 Å². The van der Waals surface area contributed by atoms with E-state index < -0.39 is 41.8 Å². The summed E-state index contributed by atoms with van der Waals surface area (Å²) in [5.74, 6) is -0.529. The highest BCUT2D eigenvalue weighted by molar-refractivity contribution is 5.50. The van der Waals surface area contributed by atoms with Crippen molar-refractivity contribution in [3.63, 3.8) is 0 Å². The van der Waals surface area contributed by atoms with Gasteiger partial charge in [0.1, 0.15) is 6.29 Å². The second-order valence-electron chi connectivity index (χ2n) is 7.74. The molecule has 2 aromatic rings. The molecule has 2 aromatic carbocycles. The molecule has 0 bridgehead atoms. The lowest BCUT2D eigenvalue weighted by Gasteiger charge is -2.39. The highest BCUT2D eigenvalue weighted by Gasteiger charge is 2.39. The van der Waals surface area contributed by atoms with Gasteiger partial charge < -0.3 is 14.3 Å². The molecule has 1 fully saturated rings. The van der Waals surface area contributed by atoms with Gasteiger partial charge >= 0.3 is 12.4 Å². The average molecular weight is 460 g/mol. The Hall–Kier alpha value is -2.39. The summed E-state index contributed by atoms with van der Waals surface area (Å²) in [5.41, 5.74) is -2.25. The molecule has 0 aromatic heterocycles. The maximum absolute atomic E-state index is 13.2. The average Bonchev–Trinajstić information content (AvgIpc) is 2.73. The van der Waals surface area contributed by atoms with E-state index in [2.05, 4.69) is 0 Å². The van der Waals surface area contributed by atoms with Crippen LogP contribution in [0.2, 0.25) is 0 Å². The Morgan fingerprint density at radius 3 is 2.16 bits per heavy atom. The first-order valence-electron chi connectivity index (χ1n) is 10.1. The van der Waals surface area contributed by atoms with Gasteiger partial charge in [0.25, 0.3) is 0 Å². The number of alkyl halides is 6. The van der Waals surface area contributed by atoms with Gasteiger partial charge in [-0.2, -0.15) is 26.3 Å². The summed E-state index contributed by atoms with van der Waals surface area (Å²) in [5, 5.41) is 0. The van der Waals surface area contributed by atoms with E-state index in [4.69, 9.17) is 9.47 Å². The number of carbonyl (C=O) groups excluding carboxylic acids is 1. The zero-order valence-corrected chi connectivity index (χ0v) is 17.1. The zero-order chi connectivity index (χ0) is 23.5. The number of ether oxygens (including phenoxy) is 2. The Bertz CT molecular complexity index is 878. The Morgan fingerprint density at radius 1 is 1.03 bits per heavy atom. The summed E-state index contributed by atoms with van der Waals surface area (Å²) in [4.78, 5) is 11.2. The summed E-state index contributed by atoms with van der Waals surface area (Å²) in [6.07, 6.45) is -10.3. The van der Waals surface area contributed by atoms with Crippen LogP contribution in [-0.4, -0.2) is 19.2 Å². The first-order valence-corrected chi connectivity index (χ1v) is 10.1. The van der Waals surface area contributed by atoms with E-state index in [1.807, 2.05) is 18.2 Å². The molecule has 9 heteroatoms. The molecule has 0 N–H and O–H groups in total. The molecular weight excluding hydrogens is 438 g/mol. The Balaban J connectivity index is 1.93. The van der Waals surface area contributed by atoms with Gasteiger partial charge in [-0.3, -0.25) is 0 Å². The molecule has 1 aliphatic heterocycles. The van der Waals surface area contributed by atoms with Gasteiger partial charge in [-0.25, -0.2) is 0 Å². The van der Waals surface area contributed by atoms with Crippen molar-refractivity contribution in [1.29, 1.82) is 0 Å². The molecule has 0 spiro atoms. The minimum Gasteiger partial charge on any atom is -0.352 e. The van der Waals surface area contributed by atoms with Crippen LogP contribution in [0.5, 0.6) is 0 Å². The van der Waals surface area contributed by atoms with Crippen molar-refractivity contribution in [2.24, 2.45) is 5.92 Å². The van der Waals surface area contributed by atoms with E-state index >= 15 is 0 Å². The SMILES string of the molecule is CC(O[C@H]1OCC[C@H](CC=O)[C@@H]1c1ccccc1)c1cc(C(F)(F)F)cc(C(F)(F)F)c1. The number of hydrogen-bond donors (Lipinski definition) is 0. The van der Waals surface area contributed by atoms with Crippen LogP contribution in [0.3, 0.4) is 0 Å². The van der Waals surface area contributed by atoms with Crippen molar-refractivity contribution in [2.45, 2.75) is 50.4 Å². The third-order valence-electron chi connectivity index (χ3n) is 5.57. The quantitative estimate of drug-likeness (QED) is 0.363. The molecule has 0 radical (unpaired) electrons. The highest BCUT2D eigenvalue weighted by atomic mass is 19.4. The van der Waals surface area contributed by atoms with E-state index in [1.54, 1.807) is 12.1 Å². The van der Waals surface area contributed by atoms with Crippen molar-refractivity contribution >= 4 is 6.29 Å². The Labute approximate surface area is 181 Å². The molecule has 174 valence electrons. The van der Waals surface area contributed by atoms with Gasteiger partial charge in [-0.1, -0.05) is 30.3 Å². The van der Waals surface area contributed by atoms with Gasteiger partial charge in [-0.05, 0) is 48.6 Å². The molecule has 1 saturated heterocycles. The zero-order valence-electron chi connectivity index (χ0n) is 17.1. The molecule has 1 aliphatic rings. The predicted molar refractivity (Wildman–Crippen MR) is 104 cm³/mol. The number of hydrogen-bond acceptors (Lipinski definition) is 3. The lowest BCUT2D eigenvalue weighted by molar-refractivity contribution is -0.209. The summed E-state index contributed by atoms with van der Waals surface area (Å²) >= 11 is 0. The fourth-order valence-electron chi connectivity index (χ4n) is 3.95. The van der Waals surface area contributed by atoms with Crippen molar-refractivity contribution in [3.05, 3.63) is 70.8 Å². The Morgan fingerprint density at radius 2 is 1.62 bits per heavy atom. The van der Waals surface area contributed by atoms with E-state index in [0.29, 0.717) is 18.6 Å². The van der Waals surface area contributed by atoms with Crippen LogP contribution in [0.1, 0.15) is 54.0 Å². The fraction of sp³-hybridized carbons (Fsp3) is 0.435. The summed E-state index contributed by atoms with van der Waals surface area (Å²) in [7, 11) is 0. The molecular formula is C23H22F6O3. The minimum absolute atomic E-state index is 0.0835. The molecule has 0 aliphatic carbocycles. The highest BCUT2D eigenvalue weighted by Crippen LogP contribution is 2.42. The molecule has 1 unspecified atom stereocenters. The molecule has 3 rings (SSSR count). The molecule has 32 heavy (non-hydrogen) atoms. The van der Waals surface area contributed by atoms with Gasteiger partial charge in [0.2, 0.25) is 0 Å².